The predicted octanol–water partition coefficient (Wildman–Crippen LogP) is 2.07. The summed E-state index contributed by atoms with van der Waals surface area (Å²) in [6.07, 6.45) is 2.86. The Morgan fingerprint density at radius 1 is 1.31 bits per heavy atom. The second kappa shape index (κ2) is 6.78. The topological polar surface area (TPSA) is 65.5 Å². The van der Waals surface area contributed by atoms with Gasteiger partial charge in [-0.05, 0) is 43.7 Å². The van der Waals surface area contributed by atoms with Crippen LogP contribution in [0.2, 0.25) is 0 Å². The molecule has 2 saturated heterocycles. The Bertz CT molecular complexity index is 828. The Kier molecular flexibility index (Phi) is 4.46. The van der Waals surface area contributed by atoms with E-state index in [9.17, 15) is 14.3 Å². The first-order valence-corrected chi connectivity index (χ1v) is 9.00. The molecule has 1 aromatic heterocycles. The van der Waals surface area contributed by atoms with Crippen molar-refractivity contribution in [3.05, 3.63) is 54.0 Å². The molecule has 0 spiro atoms. The standard InChI is InChI=1S/C20H22FN3O2/c21-17-5-2-8-23-18(17)14-3-1-4-15(11-14)19(25)24-10-7-20(26)6-9-22-12-16(20)13-24/h1-5,8,11,16,22,26H,6-7,9-10,12-13H2. The summed E-state index contributed by atoms with van der Waals surface area (Å²) >= 11 is 0. The number of aliphatic hydroxyl groups is 1. The van der Waals surface area contributed by atoms with E-state index in [-0.39, 0.29) is 17.5 Å². The molecule has 0 radical (unpaired) electrons. The normalized spacial score (nSPS) is 25.6. The van der Waals surface area contributed by atoms with Crippen molar-refractivity contribution in [2.45, 2.75) is 18.4 Å². The second-order valence-corrected chi connectivity index (χ2v) is 7.17. The molecule has 26 heavy (non-hydrogen) atoms. The molecule has 2 atom stereocenters. The highest BCUT2D eigenvalue weighted by atomic mass is 19.1. The zero-order valence-electron chi connectivity index (χ0n) is 14.5. The Morgan fingerprint density at radius 2 is 2.19 bits per heavy atom. The highest BCUT2D eigenvalue weighted by Gasteiger charge is 2.43. The van der Waals surface area contributed by atoms with Crippen LogP contribution in [0.5, 0.6) is 0 Å². The number of amides is 1. The lowest BCUT2D eigenvalue weighted by atomic mass is 9.76. The number of carbonyl (C=O) groups excluding carboxylic acids is 1. The first-order chi connectivity index (χ1) is 12.6. The molecule has 0 bridgehead atoms. The third-order valence-corrected chi connectivity index (χ3v) is 5.57. The van der Waals surface area contributed by atoms with Gasteiger partial charge < -0.3 is 15.3 Å². The van der Waals surface area contributed by atoms with Crippen LogP contribution in [0.4, 0.5) is 4.39 Å². The monoisotopic (exact) mass is 355 g/mol. The number of hydrogen-bond donors (Lipinski definition) is 2. The lowest BCUT2D eigenvalue weighted by Gasteiger charge is -2.47. The lowest BCUT2D eigenvalue weighted by molar-refractivity contribution is -0.0817. The van der Waals surface area contributed by atoms with E-state index < -0.39 is 11.4 Å². The fourth-order valence-electron chi connectivity index (χ4n) is 3.99. The average Bonchev–Trinajstić information content (AvgIpc) is 2.67. The van der Waals surface area contributed by atoms with E-state index in [0.29, 0.717) is 30.6 Å². The Balaban J connectivity index is 1.56. The number of benzene rings is 1. The summed E-state index contributed by atoms with van der Waals surface area (Å²) in [7, 11) is 0. The summed E-state index contributed by atoms with van der Waals surface area (Å²) in [6, 6.07) is 9.83. The van der Waals surface area contributed by atoms with E-state index in [4.69, 9.17) is 0 Å². The molecular formula is C20H22FN3O2. The highest BCUT2D eigenvalue weighted by molar-refractivity contribution is 5.95. The second-order valence-electron chi connectivity index (χ2n) is 7.17. The van der Waals surface area contributed by atoms with Crippen LogP contribution in [0.25, 0.3) is 11.3 Å². The summed E-state index contributed by atoms with van der Waals surface area (Å²) in [5, 5.41) is 14.1. The maximum Gasteiger partial charge on any atom is 0.253 e. The van der Waals surface area contributed by atoms with E-state index in [1.165, 1.54) is 12.3 Å². The first-order valence-electron chi connectivity index (χ1n) is 9.00. The van der Waals surface area contributed by atoms with Crippen LogP contribution in [-0.2, 0) is 0 Å². The number of aromatic nitrogens is 1. The van der Waals surface area contributed by atoms with Gasteiger partial charge in [0.15, 0.2) is 0 Å². The van der Waals surface area contributed by atoms with Gasteiger partial charge in [-0.25, -0.2) is 4.39 Å². The molecular weight excluding hydrogens is 333 g/mol. The van der Waals surface area contributed by atoms with Gasteiger partial charge in [0.05, 0.1) is 5.60 Å². The van der Waals surface area contributed by atoms with E-state index in [0.717, 1.165) is 19.5 Å². The molecule has 2 unspecified atom stereocenters. The number of nitrogens with one attached hydrogen (secondary N) is 1. The van der Waals surface area contributed by atoms with Gasteiger partial charge in [0.25, 0.3) is 5.91 Å². The zero-order chi connectivity index (χ0) is 18.1. The first kappa shape index (κ1) is 17.1. The van der Waals surface area contributed by atoms with Gasteiger partial charge in [-0.2, -0.15) is 0 Å². The van der Waals surface area contributed by atoms with Gasteiger partial charge in [0.1, 0.15) is 11.5 Å². The number of pyridine rings is 1. The molecule has 2 aliphatic heterocycles. The van der Waals surface area contributed by atoms with Crippen molar-refractivity contribution in [1.29, 1.82) is 0 Å². The van der Waals surface area contributed by atoms with E-state index in [1.54, 1.807) is 35.2 Å². The summed E-state index contributed by atoms with van der Waals surface area (Å²) in [5.74, 6) is -0.449. The quantitative estimate of drug-likeness (QED) is 0.866. The molecule has 3 heterocycles. The summed E-state index contributed by atoms with van der Waals surface area (Å²) in [5.41, 5.74) is 0.677. The largest absolute Gasteiger partial charge is 0.389 e. The van der Waals surface area contributed by atoms with Crippen LogP contribution >= 0.6 is 0 Å². The smallest absolute Gasteiger partial charge is 0.253 e. The minimum absolute atomic E-state index is 0.0466. The lowest BCUT2D eigenvalue weighted by Crippen LogP contribution is -2.59. The number of piperidine rings is 2. The third-order valence-electron chi connectivity index (χ3n) is 5.57. The van der Waals surface area contributed by atoms with Crippen molar-refractivity contribution in [2.75, 3.05) is 26.2 Å². The SMILES string of the molecule is O=C(c1cccc(-c2ncccc2F)c1)N1CCC2(O)CCNCC2C1. The fraction of sp³-hybridized carbons (Fsp3) is 0.400. The Morgan fingerprint density at radius 3 is 3.04 bits per heavy atom. The molecule has 136 valence electrons. The van der Waals surface area contributed by atoms with Gasteiger partial charge in [-0.1, -0.05) is 12.1 Å². The summed E-state index contributed by atoms with van der Waals surface area (Å²) in [6.45, 7) is 2.61. The minimum Gasteiger partial charge on any atom is -0.389 e. The predicted molar refractivity (Wildman–Crippen MR) is 96.1 cm³/mol. The van der Waals surface area contributed by atoms with Gasteiger partial charge in [-0.15, -0.1) is 0 Å². The third kappa shape index (κ3) is 3.10. The van der Waals surface area contributed by atoms with Crippen LogP contribution < -0.4 is 5.32 Å². The van der Waals surface area contributed by atoms with Gasteiger partial charge in [-0.3, -0.25) is 9.78 Å². The van der Waals surface area contributed by atoms with Crippen LogP contribution in [0.3, 0.4) is 0 Å². The maximum absolute atomic E-state index is 14.0. The molecule has 4 rings (SSSR count). The molecule has 1 aromatic carbocycles. The van der Waals surface area contributed by atoms with Crippen LogP contribution in [0.15, 0.2) is 42.6 Å². The zero-order valence-corrected chi connectivity index (χ0v) is 14.5. The van der Waals surface area contributed by atoms with Crippen molar-refractivity contribution < 1.29 is 14.3 Å². The Labute approximate surface area is 151 Å². The minimum atomic E-state index is -0.666. The van der Waals surface area contributed by atoms with Crippen LogP contribution in [0, 0.1) is 11.7 Å². The molecule has 0 aliphatic carbocycles. The van der Waals surface area contributed by atoms with Crippen LogP contribution in [0.1, 0.15) is 23.2 Å². The van der Waals surface area contributed by atoms with E-state index in [2.05, 4.69) is 10.3 Å². The fourth-order valence-corrected chi connectivity index (χ4v) is 3.99. The molecule has 1 amide bonds. The van der Waals surface area contributed by atoms with E-state index >= 15 is 0 Å². The number of nitrogens with zero attached hydrogens (tertiary/aromatic N) is 2. The number of rotatable bonds is 2. The molecule has 2 aliphatic rings. The summed E-state index contributed by atoms with van der Waals surface area (Å²) < 4.78 is 14.0. The molecule has 2 fully saturated rings. The van der Waals surface area contributed by atoms with Gasteiger partial charge >= 0.3 is 0 Å². The Hall–Kier alpha value is -2.31. The number of likely N-dealkylation sites (tertiary alicyclic amines) is 1. The number of hydrogen-bond acceptors (Lipinski definition) is 4. The molecule has 5 nitrogen and oxygen atoms in total. The molecule has 6 heteroatoms. The molecule has 2 N–H and O–H groups in total. The highest BCUT2D eigenvalue weighted by Crippen LogP contribution is 2.33. The van der Waals surface area contributed by atoms with Crippen molar-refractivity contribution >= 4 is 5.91 Å². The van der Waals surface area contributed by atoms with E-state index in [1.807, 2.05) is 0 Å². The molecule has 0 saturated carbocycles. The molecule has 2 aromatic rings. The summed E-state index contributed by atoms with van der Waals surface area (Å²) in [4.78, 5) is 18.8. The van der Waals surface area contributed by atoms with Crippen molar-refractivity contribution in [2.24, 2.45) is 5.92 Å². The average molecular weight is 355 g/mol. The number of carbonyl (C=O) groups is 1. The van der Waals surface area contributed by atoms with Crippen molar-refractivity contribution in [3.8, 4) is 11.3 Å². The van der Waals surface area contributed by atoms with Crippen LogP contribution in [-0.4, -0.2) is 52.7 Å². The number of fused-ring (bicyclic) bond motifs is 1. The van der Waals surface area contributed by atoms with Crippen molar-refractivity contribution in [3.63, 3.8) is 0 Å². The van der Waals surface area contributed by atoms with Gasteiger partial charge in [0.2, 0.25) is 0 Å². The van der Waals surface area contributed by atoms with Crippen molar-refractivity contribution in [1.82, 2.24) is 15.2 Å². The number of halogens is 1. The van der Waals surface area contributed by atoms with Gasteiger partial charge in [0, 0.05) is 42.9 Å². The maximum atomic E-state index is 14.0.